The van der Waals surface area contributed by atoms with E-state index in [0.717, 1.165) is 12.8 Å². The van der Waals surface area contributed by atoms with Gasteiger partial charge in [0, 0.05) is 11.6 Å². The summed E-state index contributed by atoms with van der Waals surface area (Å²) in [5, 5.41) is 13.2. The molecule has 6 nitrogen and oxygen atoms in total. The van der Waals surface area contributed by atoms with Crippen molar-refractivity contribution >= 4 is 11.8 Å². The number of carbonyl (C=O) groups excluding carboxylic acids is 1. The zero-order valence-electron chi connectivity index (χ0n) is 10.2. The lowest BCUT2D eigenvalue weighted by Crippen LogP contribution is -2.24. The molecule has 0 heterocycles. The number of nitro groups is 1. The molecule has 0 saturated heterocycles. The number of rotatable bonds is 6. The molecule has 0 unspecified atom stereocenters. The minimum Gasteiger partial charge on any atom is -0.450 e. The minimum atomic E-state index is -0.554. The Morgan fingerprint density at radius 1 is 1.44 bits per heavy atom. The molecule has 0 atom stereocenters. The number of ether oxygens (including phenoxy) is 1. The third-order valence-corrected chi connectivity index (χ3v) is 2.34. The second-order valence-corrected chi connectivity index (χ2v) is 3.73. The van der Waals surface area contributed by atoms with Crippen molar-refractivity contribution in [3.8, 4) is 0 Å². The molecule has 0 bridgehead atoms. The number of amides is 1. The van der Waals surface area contributed by atoms with E-state index in [2.05, 4.69) is 5.32 Å². The molecule has 0 saturated carbocycles. The van der Waals surface area contributed by atoms with Crippen LogP contribution in [0.4, 0.5) is 10.5 Å². The molecule has 1 aromatic rings. The average molecular weight is 252 g/mol. The van der Waals surface area contributed by atoms with E-state index in [1.165, 1.54) is 6.07 Å². The highest BCUT2D eigenvalue weighted by atomic mass is 16.6. The van der Waals surface area contributed by atoms with Gasteiger partial charge in [-0.2, -0.15) is 0 Å². The second-order valence-electron chi connectivity index (χ2n) is 3.73. The van der Waals surface area contributed by atoms with Crippen LogP contribution in [-0.2, 0) is 11.3 Å². The van der Waals surface area contributed by atoms with Crippen molar-refractivity contribution in [2.45, 2.75) is 26.3 Å². The zero-order valence-corrected chi connectivity index (χ0v) is 10.2. The fraction of sp³-hybridized carbons (Fsp3) is 0.417. The van der Waals surface area contributed by atoms with Crippen LogP contribution >= 0.6 is 0 Å². The smallest absolute Gasteiger partial charge is 0.407 e. The van der Waals surface area contributed by atoms with Crippen molar-refractivity contribution in [2.24, 2.45) is 0 Å². The third kappa shape index (κ3) is 4.40. The van der Waals surface area contributed by atoms with Crippen molar-refractivity contribution in [1.29, 1.82) is 0 Å². The van der Waals surface area contributed by atoms with Crippen LogP contribution in [0.15, 0.2) is 24.3 Å². The van der Waals surface area contributed by atoms with Crippen LogP contribution in [0.25, 0.3) is 0 Å². The van der Waals surface area contributed by atoms with Gasteiger partial charge in [0.15, 0.2) is 0 Å². The summed E-state index contributed by atoms with van der Waals surface area (Å²) in [6.07, 6.45) is 1.19. The maximum Gasteiger partial charge on any atom is 0.407 e. The van der Waals surface area contributed by atoms with Gasteiger partial charge in [-0.25, -0.2) is 4.79 Å². The van der Waals surface area contributed by atoms with Crippen molar-refractivity contribution in [2.75, 3.05) is 6.61 Å². The van der Waals surface area contributed by atoms with E-state index in [4.69, 9.17) is 4.74 Å². The first-order valence-electron chi connectivity index (χ1n) is 5.78. The topological polar surface area (TPSA) is 81.5 Å². The largest absolute Gasteiger partial charge is 0.450 e. The van der Waals surface area contributed by atoms with Crippen molar-refractivity contribution in [3.05, 3.63) is 39.9 Å². The number of nitrogens with one attached hydrogen (secondary N) is 1. The molecule has 1 N–H and O–H groups in total. The number of nitrogens with zero attached hydrogens (tertiary/aromatic N) is 1. The molecule has 1 amide bonds. The fourth-order valence-electron chi connectivity index (χ4n) is 1.37. The van der Waals surface area contributed by atoms with Crippen LogP contribution in [-0.4, -0.2) is 17.6 Å². The summed E-state index contributed by atoms with van der Waals surface area (Å²) in [6.45, 7) is 2.44. The van der Waals surface area contributed by atoms with Gasteiger partial charge in [0.25, 0.3) is 5.69 Å². The summed E-state index contributed by atoms with van der Waals surface area (Å²) in [4.78, 5) is 21.5. The van der Waals surface area contributed by atoms with E-state index >= 15 is 0 Å². The molecule has 0 aromatic heterocycles. The molecule has 98 valence electrons. The Hall–Kier alpha value is -2.11. The van der Waals surface area contributed by atoms with Gasteiger partial charge < -0.3 is 10.1 Å². The van der Waals surface area contributed by atoms with Crippen LogP contribution in [0, 0.1) is 10.1 Å². The third-order valence-electron chi connectivity index (χ3n) is 2.34. The van der Waals surface area contributed by atoms with Gasteiger partial charge in [0.1, 0.15) is 0 Å². The highest BCUT2D eigenvalue weighted by Gasteiger charge is 2.12. The van der Waals surface area contributed by atoms with E-state index in [-0.39, 0.29) is 12.2 Å². The Balaban J connectivity index is 2.48. The number of nitro benzene ring substituents is 1. The lowest BCUT2D eigenvalue weighted by Gasteiger charge is -2.06. The average Bonchev–Trinajstić information content (AvgIpc) is 2.37. The summed E-state index contributed by atoms with van der Waals surface area (Å²) in [6, 6.07) is 6.28. The van der Waals surface area contributed by atoms with Gasteiger partial charge in [-0.05, 0) is 6.42 Å². The monoisotopic (exact) mass is 252 g/mol. The maximum atomic E-state index is 11.3. The Kier molecular flexibility index (Phi) is 5.63. The van der Waals surface area contributed by atoms with Crippen LogP contribution in [0.5, 0.6) is 0 Å². The maximum absolute atomic E-state index is 11.3. The van der Waals surface area contributed by atoms with Crippen molar-refractivity contribution in [3.63, 3.8) is 0 Å². The van der Waals surface area contributed by atoms with Gasteiger partial charge in [0.2, 0.25) is 0 Å². The van der Waals surface area contributed by atoms with Gasteiger partial charge >= 0.3 is 6.09 Å². The predicted octanol–water partition coefficient (Wildman–Crippen LogP) is 2.62. The molecule has 0 spiro atoms. The second kappa shape index (κ2) is 7.26. The van der Waals surface area contributed by atoms with E-state index in [1.54, 1.807) is 18.2 Å². The summed E-state index contributed by atoms with van der Waals surface area (Å²) < 4.78 is 4.88. The molecule has 0 radical (unpaired) electrons. The van der Waals surface area contributed by atoms with Crippen molar-refractivity contribution < 1.29 is 14.5 Å². The van der Waals surface area contributed by atoms with E-state index in [9.17, 15) is 14.9 Å². The number of hydrogen-bond donors (Lipinski definition) is 1. The first-order chi connectivity index (χ1) is 8.65. The van der Waals surface area contributed by atoms with Crippen LogP contribution in [0.3, 0.4) is 0 Å². The Labute approximate surface area is 105 Å². The first-order valence-corrected chi connectivity index (χ1v) is 5.78. The summed E-state index contributed by atoms with van der Waals surface area (Å²) in [5.41, 5.74) is 0.446. The number of benzene rings is 1. The van der Waals surface area contributed by atoms with Gasteiger partial charge in [-0.1, -0.05) is 31.5 Å². The standard InChI is InChI=1S/C12H16N2O4/c1-2-3-8-18-12(15)13-9-10-6-4-5-7-11(10)14(16)17/h4-7H,2-3,8-9H2,1H3,(H,13,15). The summed E-state index contributed by atoms with van der Waals surface area (Å²) in [7, 11) is 0. The quantitative estimate of drug-likeness (QED) is 0.479. The highest BCUT2D eigenvalue weighted by molar-refractivity contribution is 5.67. The lowest BCUT2D eigenvalue weighted by atomic mass is 10.2. The van der Waals surface area contributed by atoms with Crippen molar-refractivity contribution in [1.82, 2.24) is 5.32 Å². The molecule has 0 aliphatic heterocycles. The predicted molar refractivity (Wildman–Crippen MR) is 66.2 cm³/mol. The number of para-hydroxylation sites is 1. The van der Waals surface area contributed by atoms with E-state index in [1.807, 2.05) is 6.92 Å². The Bertz CT molecular complexity index is 420. The van der Waals surface area contributed by atoms with Crippen LogP contribution < -0.4 is 5.32 Å². The fourth-order valence-corrected chi connectivity index (χ4v) is 1.37. The molecule has 0 aliphatic carbocycles. The lowest BCUT2D eigenvalue weighted by molar-refractivity contribution is -0.385. The van der Waals surface area contributed by atoms with Gasteiger partial charge in [-0.3, -0.25) is 10.1 Å². The van der Waals surface area contributed by atoms with Crippen LogP contribution in [0.2, 0.25) is 0 Å². The summed E-state index contributed by atoms with van der Waals surface area (Å²) in [5.74, 6) is 0. The molecule has 18 heavy (non-hydrogen) atoms. The van der Waals surface area contributed by atoms with Gasteiger partial charge in [-0.15, -0.1) is 0 Å². The normalized spacial score (nSPS) is 9.83. The molecular formula is C12H16N2O4. The molecule has 1 rings (SSSR count). The number of unbranched alkanes of at least 4 members (excludes halogenated alkanes) is 1. The molecule has 0 fully saturated rings. The van der Waals surface area contributed by atoms with E-state index in [0.29, 0.717) is 12.2 Å². The van der Waals surface area contributed by atoms with E-state index < -0.39 is 11.0 Å². The molecule has 1 aromatic carbocycles. The first kappa shape index (κ1) is 14.0. The molecule has 6 heteroatoms. The minimum absolute atomic E-state index is 0.00800. The molecular weight excluding hydrogens is 236 g/mol. The van der Waals surface area contributed by atoms with Crippen LogP contribution in [0.1, 0.15) is 25.3 Å². The van der Waals surface area contributed by atoms with Gasteiger partial charge in [0.05, 0.1) is 18.1 Å². The highest BCUT2D eigenvalue weighted by Crippen LogP contribution is 2.16. The number of carbonyl (C=O) groups is 1. The number of alkyl carbamates (subject to hydrolysis) is 1. The zero-order chi connectivity index (χ0) is 13.4. The molecule has 0 aliphatic rings. The Morgan fingerprint density at radius 3 is 2.83 bits per heavy atom. The SMILES string of the molecule is CCCCOC(=O)NCc1ccccc1[N+](=O)[O-]. The Morgan fingerprint density at radius 2 is 2.17 bits per heavy atom. The summed E-state index contributed by atoms with van der Waals surface area (Å²) >= 11 is 0. The number of hydrogen-bond acceptors (Lipinski definition) is 4.